The highest BCUT2D eigenvalue weighted by atomic mass is 35.5. The molecule has 0 bridgehead atoms. The van der Waals surface area contributed by atoms with Crippen LogP contribution in [0.15, 0.2) is 6.07 Å². The standard InChI is InChI=1S/C16H23ClN4O4/c1-16(2,3)25-15(23)21-7-5-6-10(9-21)18-12-8-11(13(22)24-4)19-14(17)20-12/h8,10H,5-7,9H2,1-4H3,(H,18,19,20). The van der Waals surface area contributed by atoms with Crippen LogP contribution in [-0.4, -0.2) is 58.8 Å². The number of rotatable bonds is 3. The average molecular weight is 371 g/mol. The molecule has 1 aromatic rings. The van der Waals surface area contributed by atoms with Crippen LogP contribution in [0.5, 0.6) is 0 Å². The molecule has 9 heteroatoms. The summed E-state index contributed by atoms with van der Waals surface area (Å²) < 4.78 is 10.1. The summed E-state index contributed by atoms with van der Waals surface area (Å²) in [5, 5.41) is 3.15. The molecule has 1 saturated heterocycles. The normalized spacial score (nSPS) is 17.8. The van der Waals surface area contributed by atoms with Gasteiger partial charge in [0.05, 0.1) is 7.11 Å². The molecular weight excluding hydrogens is 348 g/mol. The number of carbonyl (C=O) groups excluding carboxylic acids is 2. The van der Waals surface area contributed by atoms with Crippen LogP contribution in [0.25, 0.3) is 0 Å². The van der Waals surface area contributed by atoms with Crippen LogP contribution >= 0.6 is 11.6 Å². The lowest BCUT2D eigenvalue weighted by Gasteiger charge is -2.34. The molecule has 2 heterocycles. The van der Waals surface area contributed by atoms with Crippen LogP contribution in [-0.2, 0) is 9.47 Å². The first-order valence-corrected chi connectivity index (χ1v) is 8.43. The summed E-state index contributed by atoms with van der Waals surface area (Å²) in [6.07, 6.45) is 1.35. The predicted octanol–water partition coefficient (Wildman–Crippen LogP) is 2.73. The van der Waals surface area contributed by atoms with Gasteiger partial charge in [-0.3, -0.25) is 0 Å². The Morgan fingerprint density at radius 2 is 2.08 bits per heavy atom. The molecule has 138 valence electrons. The molecule has 1 atom stereocenters. The highest BCUT2D eigenvalue weighted by Gasteiger charge is 2.28. The van der Waals surface area contributed by atoms with Crippen molar-refractivity contribution in [3.05, 3.63) is 17.0 Å². The molecule has 1 fully saturated rings. The van der Waals surface area contributed by atoms with Crippen molar-refractivity contribution < 1.29 is 19.1 Å². The zero-order valence-corrected chi connectivity index (χ0v) is 15.6. The Bertz CT molecular complexity index is 648. The van der Waals surface area contributed by atoms with Crippen molar-refractivity contribution in [2.75, 3.05) is 25.5 Å². The van der Waals surface area contributed by atoms with Gasteiger partial charge in [-0.05, 0) is 45.2 Å². The molecule has 1 aliphatic rings. The second kappa shape index (κ2) is 7.86. The molecule has 2 rings (SSSR count). The summed E-state index contributed by atoms with van der Waals surface area (Å²) in [5.41, 5.74) is -0.461. The van der Waals surface area contributed by atoms with Gasteiger partial charge in [0.15, 0.2) is 5.69 Å². The Morgan fingerprint density at radius 1 is 1.36 bits per heavy atom. The maximum Gasteiger partial charge on any atom is 0.410 e. The number of nitrogens with one attached hydrogen (secondary N) is 1. The monoisotopic (exact) mass is 370 g/mol. The predicted molar refractivity (Wildman–Crippen MR) is 92.8 cm³/mol. The molecular formula is C16H23ClN4O4. The molecule has 0 aromatic carbocycles. The van der Waals surface area contributed by atoms with E-state index < -0.39 is 11.6 Å². The quantitative estimate of drug-likeness (QED) is 0.645. The van der Waals surface area contributed by atoms with E-state index in [4.69, 9.17) is 16.3 Å². The number of nitrogens with zero attached hydrogens (tertiary/aromatic N) is 3. The third kappa shape index (κ3) is 5.74. The summed E-state index contributed by atoms with van der Waals surface area (Å²) in [4.78, 5) is 33.4. The van der Waals surface area contributed by atoms with Crippen LogP contribution < -0.4 is 5.32 Å². The number of aromatic nitrogens is 2. The number of piperidine rings is 1. The largest absolute Gasteiger partial charge is 0.464 e. The van der Waals surface area contributed by atoms with Crippen molar-refractivity contribution in [2.24, 2.45) is 0 Å². The molecule has 8 nitrogen and oxygen atoms in total. The molecule has 1 N–H and O–H groups in total. The fraction of sp³-hybridized carbons (Fsp3) is 0.625. The molecule has 1 aromatic heterocycles. The second-order valence-corrected chi connectivity index (χ2v) is 7.15. The number of esters is 1. The fourth-order valence-corrected chi connectivity index (χ4v) is 2.68. The third-order valence-corrected chi connectivity index (χ3v) is 3.69. The Balaban J connectivity index is 2.04. The minimum Gasteiger partial charge on any atom is -0.464 e. The van der Waals surface area contributed by atoms with Gasteiger partial charge in [-0.2, -0.15) is 0 Å². The van der Waals surface area contributed by atoms with Gasteiger partial charge in [0.25, 0.3) is 0 Å². The molecule has 1 amide bonds. The number of methoxy groups -OCH3 is 1. The van der Waals surface area contributed by atoms with Crippen molar-refractivity contribution in [3.63, 3.8) is 0 Å². The summed E-state index contributed by atoms with van der Waals surface area (Å²) in [5.74, 6) is -0.178. The van der Waals surface area contributed by atoms with Crippen molar-refractivity contribution in [1.82, 2.24) is 14.9 Å². The first kappa shape index (κ1) is 19.2. The Morgan fingerprint density at radius 3 is 2.72 bits per heavy atom. The van der Waals surface area contributed by atoms with E-state index >= 15 is 0 Å². The summed E-state index contributed by atoms with van der Waals surface area (Å²) >= 11 is 5.87. The van der Waals surface area contributed by atoms with Crippen LogP contribution in [0.4, 0.5) is 10.6 Å². The molecule has 1 aliphatic heterocycles. The minimum atomic E-state index is -0.591. The molecule has 1 unspecified atom stereocenters. The van der Waals surface area contributed by atoms with Crippen molar-refractivity contribution in [2.45, 2.75) is 45.3 Å². The number of likely N-dealkylation sites (tertiary alicyclic amines) is 1. The number of amides is 1. The number of hydrogen-bond donors (Lipinski definition) is 1. The van der Waals surface area contributed by atoms with Gasteiger partial charge in [-0.1, -0.05) is 0 Å². The van der Waals surface area contributed by atoms with Crippen LogP contribution in [0.1, 0.15) is 44.1 Å². The fourth-order valence-electron chi connectivity index (χ4n) is 2.50. The summed E-state index contributed by atoms with van der Waals surface area (Å²) in [7, 11) is 1.27. The lowest BCUT2D eigenvalue weighted by Crippen LogP contribution is -2.47. The van der Waals surface area contributed by atoms with Crippen molar-refractivity contribution in [1.29, 1.82) is 0 Å². The second-order valence-electron chi connectivity index (χ2n) is 6.81. The number of anilines is 1. The van der Waals surface area contributed by atoms with E-state index in [-0.39, 0.29) is 23.1 Å². The third-order valence-electron chi connectivity index (χ3n) is 3.52. The smallest absolute Gasteiger partial charge is 0.410 e. The Kier molecular flexibility index (Phi) is 6.05. The SMILES string of the molecule is COC(=O)c1cc(NC2CCCN(C(=O)OC(C)(C)C)C2)nc(Cl)n1. The van der Waals surface area contributed by atoms with Gasteiger partial charge in [0.1, 0.15) is 11.4 Å². The highest BCUT2D eigenvalue weighted by Crippen LogP contribution is 2.19. The lowest BCUT2D eigenvalue weighted by atomic mass is 10.1. The molecule has 0 radical (unpaired) electrons. The highest BCUT2D eigenvalue weighted by molar-refractivity contribution is 6.28. The number of ether oxygens (including phenoxy) is 2. The van der Waals surface area contributed by atoms with Gasteiger partial charge in [0, 0.05) is 25.2 Å². The zero-order chi connectivity index (χ0) is 18.6. The van der Waals surface area contributed by atoms with E-state index in [1.807, 2.05) is 20.8 Å². The molecule has 0 saturated carbocycles. The van der Waals surface area contributed by atoms with E-state index in [0.717, 1.165) is 12.8 Å². The van der Waals surface area contributed by atoms with E-state index in [1.165, 1.54) is 13.2 Å². The average Bonchev–Trinajstić information content (AvgIpc) is 2.52. The van der Waals surface area contributed by atoms with Gasteiger partial charge in [-0.25, -0.2) is 19.6 Å². The molecule has 0 aliphatic carbocycles. The Labute approximate surface area is 151 Å². The van der Waals surface area contributed by atoms with E-state index in [0.29, 0.717) is 18.9 Å². The zero-order valence-electron chi connectivity index (χ0n) is 14.8. The van der Waals surface area contributed by atoms with Crippen LogP contribution in [0.2, 0.25) is 5.28 Å². The summed E-state index contributed by atoms with van der Waals surface area (Å²) in [6, 6.07) is 1.45. The first-order chi connectivity index (χ1) is 11.7. The van der Waals surface area contributed by atoms with E-state index in [2.05, 4.69) is 20.0 Å². The molecule has 0 spiro atoms. The topological polar surface area (TPSA) is 93.7 Å². The number of halogens is 1. The molecule has 25 heavy (non-hydrogen) atoms. The summed E-state index contributed by atoms with van der Waals surface area (Å²) in [6.45, 7) is 6.63. The van der Waals surface area contributed by atoms with Crippen LogP contribution in [0.3, 0.4) is 0 Å². The number of carbonyl (C=O) groups is 2. The van der Waals surface area contributed by atoms with E-state index in [1.54, 1.807) is 4.90 Å². The van der Waals surface area contributed by atoms with Gasteiger partial charge >= 0.3 is 12.1 Å². The van der Waals surface area contributed by atoms with Crippen LogP contribution in [0, 0.1) is 0 Å². The van der Waals surface area contributed by atoms with Crippen molar-refractivity contribution >= 4 is 29.5 Å². The van der Waals surface area contributed by atoms with Gasteiger partial charge in [-0.15, -0.1) is 0 Å². The van der Waals surface area contributed by atoms with Gasteiger partial charge < -0.3 is 19.7 Å². The van der Waals surface area contributed by atoms with Gasteiger partial charge in [0.2, 0.25) is 5.28 Å². The Hall–Kier alpha value is -2.09. The number of hydrogen-bond acceptors (Lipinski definition) is 7. The van der Waals surface area contributed by atoms with Crippen molar-refractivity contribution in [3.8, 4) is 0 Å². The maximum atomic E-state index is 12.2. The minimum absolute atomic E-state index is 0.0299. The van der Waals surface area contributed by atoms with E-state index in [9.17, 15) is 9.59 Å². The first-order valence-electron chi connectivity index (χ1n) is 8.05. The maximum absolute atomic E-state index is 12.2. The lowest BCUT2D eigenvalue weighted by molar-refractivity contribution is 0.0206.